The van der Waals surface area contributed by atoms with Gasteiger partial charge < -0.3 is 15.1 Å². The first-order valence-electron chi connectivity index (χ1n) is 8.36. The van der Waals surface area contributed by atoms with Crippen LogP contribution in [0.3, 0.4) is 0 Å². The number of aromatic nitrogens is 2. The average Bonchev–Trinajstić information content (AvgIpc) is 3.00. The van der Waals surface area contributed by atoms with Crippen LogP contribution in [0.5, 0.6) is 0 Å². The van der Waals surface area contributed by atoms with Crippen LogP contribution in [0.4, 0.5) is 0 Å². The fourth-order valence-corrected chi connectivity index (χ4v) is 3.19. The van der Waals surface area contributed by atoms with Crippen LogP contribution in [0.1, 0.15) is 40.4 Å². The van der Waals surface area contributed by atoms with Gasteiger partial charge >= 0.3 is 5.63 Å². The van der Waals surface area contributed by atoms with Gasteiger partial charge in [0.25, 0.3) is 5.91 Å². The SMILES string of the molecule is Cc1cc(C2CCCNC2)oc(=O)c1C(=O)NCCn1cc(Cl)cn1.Cl. The van der Waals surface area contributed by atoms with Gasteiger partial charge in [-0.2, -0.15) is 5.10 Å². The van der Waals surface area contributed by atoms with E-state index in [4.69, 9.17) is 16.0 Å². The molecule has 1 amide bonds. The highest BCUT2D eigenvalue weighted by Gasteiger charge is 2.22. The first-order valence-corrected chi connectivity index (χ1v) is 8.74. The lowest BCUT2D eigenvalue weighted by molar-refractivity contribution is 0.0946. The third-order valence-corrected chi connectivity index (χ3v) is 4.52. The molecule has 2 aromatic heterocycles. The van der Waals surface area contributed by atoms with E-state index in [0.717, 1.165) is 25.9 Å². The van der Waals surface area contributed by atoms with Crippen molar-refractivity contribution in [2.45, 2.75) is 32.2 Å². The Kier molecular flexibility index (Phi) is 7.25. The Morgan fingerprint density at radius 3 is 2.96 bits per heavy atom. The summed E-state index contributed by atoms with van der Waals surface area (Å²) < 4.78 is 7.05. The second-order valence-corrected chi connectivity index (χ2v) is 6.65. The van der Waals surface area contributed by atoms with E-state index in [9.17, 15) is 9.59 Å². The predicted molar refractivity (Wildman–Crippen MR) is 101 cm³/mol. The third kappa shape index (κ3) is 4.87. The molecule has 26 heavy (non-hydrogen) atoms. The van der Waals surface area contributed by atoms with Crippen LogP contribution in [0.15, 0.2) is 27.7 Å². The van der Waals surface area contributed by atoms with Crippen LogP contribution in [0.25, 0.3) is 0 Å². The second kappa shape index (κ2) is 9.21. The molecular weight excluding hydrogens is 379 g/mol. The molecule has 0 aromatic carbocycles. The van der Waals surface area contributed by atoms with Crippen LogP contribution in [0, 0.1) is 6.92 Å². The Balaban J connectivity index is 0.00000243. The molecule has 9 heteroatoms. The van der Waals surface area contributed by atoms with Crippen molar-refractivity contribution in [3.8, 4) is 0 Å². The molecule has 1 unspecified atom stereocenters. The lowest BCUT2D eigenvalue weighted by Crippen LogP contribution is -2.33. The Morgan fingerprint density at radius 1 is 1.54 bits per heavy atom. The fraction of sp³-hybridized carbons (Fsp3) is 0.471. The monoisotopic (exact) mass is 400 g/mol. The quantitative estimate of drug-likeness (QED) is 0.801. The lowest BCUT2D eigenvalue weighted by Gasteiger charge is -2.22. The molecule has 3 rings (SSSR count). The summed E-state index contributed by atoms with van der Waals surface area (Å²) in [6.07, 6.45) is 5.22. The van der Waals surface area contributed by atoms with Gasteiger partial charge in [0.15, 0.2) is 0 Å². The Bertz CT molecular complexity index is 813. The summed E-state index contributed by atoms with van der Waals surface area (Å²) in [5.74, 6) is 0.400. The second-order valence-electron chi connectivity index (χ2n) is 6.22. The number of rotatable bonds is 5. The molecule has 2 aromatic rings. The summed E-state index contributed by atoms with van der Waals surface area (Å²) in [4.78, 5) is 24.6. The number of carbonyl (C=O) groups is 1. The van der Waals surface area contributed by atoms with Gasteiger partial charge in [0.1, 0.15) is 11.3 Å². The van der Waals surface area contributed by atoms with Gasteiger partial charge in [0.2, 0.25) is 0 Å². The number of nitrogens with one attached hydrogen (secondary N) is 2. The Morgan fingerprint density at radius 2 is 2.35 bits per heavy atom. The summed E-state index contributed by atoms with van der Waals surface area (Å²) in [7, 11) is 0. The van der Waals surface area contributed by atoms with Gasteiger partial charge in [-0.15, -0.1) is 12.4 Å². The predicted octanol–water partition coefficient (Wildman–Crippen LogP) is 2.12. The van der Waals surface area contributed by atoms with E-state index >= 15 is 0 Å². The first-order chi connectivity index (χ1) is 12.0. The molecule has 1 fully saturated rings. The molecule has 0 spiro atoms. The van der Waals surface area contributed by atoms with E-state index in [1.165, 1.54) is 6.20 Å². The molecule has 142 valence electrons. The van der Waals surface area contributed by atoms with Crippen molar-refractivity contribution in [2.24, 2.45) is 0 Å². The van der Waals surface area contributed by atoms with E-state index < -0.39 is 11.5 Å². The summed E-state index contributed by atoms with van der Waals surface area (Å²) in [5.41, 5.74) is 0.114. The van der Waals surface area contributed by atoms with Crippen molar-refractivity contribution < 1.29 is 9.21 Å². The number of aryl methyl sites for hydroxylation is 1. The zero-order valence-corrected chi connectivity index (χ0v) is 16.0. The fourth-order valence-electron chi connectivity index (χ4n) is 3.03. The summed E-state index contributed by atoms with van der Waals surface area (Å²) in [6, 6.07) is 1.81. The number of hydrogen-bond donors (Lipinski definition) is 2. The highest BCUT2D eigenvalue weighted by molar-refractivity contribution is 6.30. The summed E-state index contributed by atoms with van der Waals surface area (Å²) >= 11 is 5.79. The molecule has 0 radical (unpaired) electrons. The molecule has 1 atom stereocenters. The van der Waals surface area contributed by atoms with Crippen molar-refractivity contribution in [2.75, 3.05) is 19.6 Å². The van der Waals surface area contributed by atoms with Crippen molar-refractivity contribution >= 4 is 29.9 Å². The maximum Gasteiger partial charge on any atom is 0.349 e. The van der Waals surface area contributed by atoms with Gasteiger partial charge in [0, 0.05) is 25.2 Å². The van der Waals surface area contributed by atoms with Crippen LogP contribution in [-0.4, -0.2) is 35.3 Å². The number of nitrogens with zero attached hydrogens (tertiary/aromatic N) is 2. The molecular formula is C17H22Cl2N4O3. The number of amides is 1. The van der Waals surface area contributed by atoms with E-state index in [-0.39, 0.29) is 23.9 Å². The first kappa shape index (κ1) is 20.5. The zero-order valence-electron chi connectivity index (χ0n) is 14.5. The molecule has 1 saturated heterocycles. The molecule has 1 aliphatic rings. The minimum Gasteiger partial charge on any atom is -0.427 e. The van der Waals surface area contributed by atoms with Crippen molar-refractivity contribution in [1.29, 1.82) is 0 Å². The zero-order chi connectivity index (χ0) is 17.8. The lowest BCUT2D eigenvalue weighted by atomic mass is 9.95. The molecule has 0 bridgehead atoms. The van der Waals surface area contributed by atoms with Gasteiger partial charge in [-0.05, 0) is 37.9 Å². The van der Waals surface area contributed by atoms with Gasteiger partial charge in [-0.3, -0.25) is 9.48 Å². The molecule has 7 nitrogen and oxygen atoms in total. The highest BCUT2D eigenvalue weighted by atomic mass is 35.5. The number of halogens is 2. The molecule has 3 heterocycles. The van der Waals surface area contributed by atoms with E-state index in [0.29, 0.717) is 29.4 Å². The molecule has 0 saturated carbocycles. The van der Waals surface area contributed by atoms with Crippen molar-refractivity contribution in [1.82, 2.24) is 20.4 Å². The highest BCUT2D eigenvalue weighted by Crippen LogP contribution is 2.23. The van der Waals surface area contributed by atoms with Crippen LogP contribution >= 0.6 is 24.0 Å². The van der Waals surface area contributed by atoms with E-state index in [2.05, 4.69) is 15.7 Å². The third-order valence-electron chi connectivity index (χ3n) is 4.32. The summed E-state index contributed by atoms with van der Waals surface area (Å²) in [6.45, 7) is 4.35. The van der Waals surface area contributed by atoms with Crippen molar-refractivity contribution in [3.63, 3.8) is 0 Å². The van der Waals surface area contributed by atoms with Gasteiger partial charge in [-0.25, -0.2) is 4.79 Å². The van der Waals surface area contributed by atoms with Crippen LogP contribution in [0.2, 0.25) is 5.02 Å². The summed E-state index contributed by atoms with van der Waals surface area (Å²) in [5, 5.41) is 10.6. The average molecular weight is 401 g/mol. The number of carbonyl (C=O) groups excluding carboxylic acids is 1. The maximum atomic E-state index is 12.3. The molecule has 0 aliphatic carbocycles. The smallest absolute Gasteiger partial charge is 0.349 e. The van der Waals surface area contributed by atoms with Gasteiger partial charge in [0.05, 0.1) is 17.8 Å². The van der Waals surface area contributed by atoms with E-state index in [1.807, 2.05) is 0 Å². The van der Waals surface area contributed by atoms with E-state index in [1.54, 1.807) is 23.9 Å². The van der Waals surface area contributed by atoms with Crippen LogP contribution < -0.4 is 16.3 Å². The topological polar surface area (TPSA) is 89.2 Å². The minimum absolute atomic E-state index is 0. The Labute approximate surface area is 162 Å². The molecule has 1 aliphatic heterocycles. The number of piperidine rings is 1. The number of hydrogen-bond acceptors (Lipinski definition) is 5. The normalized spacial score (nSPS) is 16.8. The standard InChI is InChI=1S/C17H21ClN4O3.ClH/c1-11-7-14(12-3-2-4-19-8-12)25-17(24)15(11)16(23)20-5-6-22-10-13(18)9-21-22;/h7,9-10,12,19H,2-6,8H2,1H3,(H,20,23);1H. The minimum atomic E-state index is -0.583. The molecule has 2 N–H and O–H groups in total. The van der Waals surface area contributed by atoms with Gasteiger partial charge in [-0.1, -0.05) is 11.6 Å². The largest absolute Gasteiger partial charge is 0.427 e. The Hall–Kier alpha value is -1.83. The maximum absolute atomic E-state index is 12.3. The van der Waals surface area contributed by atoms with Crippen LogP contribution in [-0.2, 0) is 6.54 Å². The van der Waals surface area contributed by atoms with Crippen molar-refractivity contribution in [3.05, 3.63) is 50.8 Å².